The summed E-state index contributed by atoms with van der Waals surface area (Å²) in [7, 11) is 0. The smallest absolute Gasteiger partial charge is 0.234 e. The first-order valence-electron chi connectivity index (χ1n) is 9.24. The van der Waals surface area contributed by atoms with Gasteiger partial charge in [0, 0.05) is 12.3 Å². The molecule has 28 heavy (non-hydrogen) atoms. The number of benzene rings is 2. The Morgan fingerprint density at radius 2 is 1.93 bits per heavy atom. The number of tetrazole rings is 1. The first-order valence-corrected chi connectivity index (χ1v) is 10.2. The van der Waals surface area contributed by atoms with Crippen LogP contribution in [0.4, 0.5) is 5.69 Å². The van der Waals surface area contributed by atoms with Gasteiger partial charge in [-0.25, -0.2) is 4.68 Å². The Morgan fingerprint density at radius 1 is 1.14 bits per heavy atom. The van der Waals surface area contributed by atoms with Crippen molar-refractivity contribution < 1.29 is 9.53 Å². The van der Waals surface area contributed by atoms with Gasteiger partial charge in [0.25, 0.3) is 0 Å². The number of thioether (sulfide) groups is 1. The summed E-state index contributed by atoms with van der Waals surface area (Å²) in [6, 6.07) is 17.9. The van der Waals surface area contributed by atoms with Crippen molar-refractivity contribution in [3.63, 3.8) is 0 Å². The molecule has 0 spiro atoms. The number of hydrogen-bond donors (Lipinski definition) is 1. The minimum Gasteiger partial charge on any atom is -0.376 e. The molecule has 1 saturated heterocycles. The first kappa shape index (κ1) is 18.6. The van der Waals surface area contributed by atoms with Gasteiger partial charge in [0.1, 0.15) is 0 Å². The van der Waals surface area contributed by atoms with Gasteiger partial charge in [-0.15, -0.1) is 5.10 Å². The average molecular weight is 395 g/mol. The number of nitrogens with one attached hydrogen (secondary N) is 1. The monoisotopic (exact) mass is 395 g/mol. The summed E-state index contributed by atoms with van der Waals surface area (Å²) < 4.78 is 7.33. The molecule has 0 bridgehead atoms. The normalized spacial score (nSPS) is 16.2. The van der Waals surface area contributed by atoms with Crippen LogP contribution in [0.25, 0.3) is 11.1 Å². The summed E-state index contributed by atoms with van der Waals surface area (Å²) in [5.74, 6) is 0.149. The fourth-order valence-electron chi connectivity index (χ4n) is 3.10. The lowest BCUT2D eigenvalue weighted by Crippen LogP contribution is -2.18. The fraction of sp³-hybridized carbons (Fsp3) is 0.300. The van der Waals surface area contributed by atoms with E-state index in [2.05, 4.69) is 33.0 Å². The second kappa shape index (κ2) is 8.99. The van der Waals surface area contributed by atoms with Crippen molar-refractivity contribution in [1.29, 1.82) is 0 Å². The molecule has 7 nitrogen and oxygen atoms in total. The van der Waals surface area contributed by atoms with E-state index in [0.29, 0.717) is 11.7 Å². The van der Waals surface area contributed by atoms with E-state index in [0.717, 1.165) is 36.3 Å². The third-order valence-corrected chi connectivity index (χ3v) is 5.46. The maximum atomic E-state index is 12.3. The highest BCUT2D eigenvalue weighted by Gasteiger charge is 2.19. The number of hydrogen-bond acceptors (Lipinski definition) is 6. The van der Waals surface area contributed by atoms with Gasteiger partial charge in [0.05, 0.1) is 18.4 Å². The Bertz CT molecular complexity index is 908. The van der Waals surface area contributed by atoms with E-state index < -0.39 is 0 Å². The van der Waals surface area contributed by atoms with Gasteiger partial charge < -0.3 is 10.1 Å². The van der Waals surface area contributed by atoms with Crippen LogP contribution in [0, 0.1) is 0 Å². The molecule has 1 amide bonds. The maximum Gasteiger partial charge on any atom is 0.234 e. The van der Waals surface area contributed by atoms with Crippen LogP contribution >= 0.6 is 11.8 Å². The predicted octanol–water partition coefficient (Wildman–Crippen LogP) is 3.25. The number of carbonyl (C=O) groups excluding carboxylic acids is 1. The van der Waals surface area contributed by atoms with Crippen molar-refractivity contribution >= 4 is 23.4 Å². The van der Waals surface area contributed by atoms with E-state index >= 15 is 0 Å². The van der Waals surface area contributed by atoms with Crippen LogP contribution in [0.5, 0.6) is 0 Å². The van der Waals surface area contributed by atoms with Gasteiger partial charge in [-0.3, -0.25) is 4.79 Å². The highest BCUT2D eigenvalue weighted by Crippen LogP contribution is 2.22. The maximum absolute atomic E-state index is 12.3. The van der Waals surface area contributed by atoms with Crippen LogP contribution in [-0.2, 0) is 16.1 Å². The summed E-state index contributed by atoms with van der Waals surface area (Å²) in [4.78, 5) is 12.3. The van der Waals surface area contributed by atoms with Crippen LogP contribution in [0.1, 0.15) is 12.8 Å². The van der Waals surface area contributed by atoms with Crippen molar-refractivity contribution in [3.05, 3.63) is 54.6 Å². The molecule has 2 heterocycles. The van der Waals surface area contributed by atoms with E-state index in [9.17, 15) is 4.79 Å². The second-order valence-electron chi connectivity index (χ2n) is 6.56. The molecule has 0 saturated carbocycles. The van der Waals surface area contributed by atoms with Crippen LogP contribution < -0.4 is 5.32 Å². The lowest BCUT2D eigenvalue weighted by Gasteiger charge is -2.10. The summed E-state index contributed by atoms with van der Waals surface area (Å²) in [6.45, 7) is 1.42. The zero-order valence-electron chi connectivity index (χ0n) is 15.3. The summed E-state index contributed by atoms with van der Waals surface area (Å²) >= 11 is 1.32. The van der Waals surface area contributed by atoms with Crippen LogP contribution in [-0.4, -0.2) is 44.6 Å². The van der Waals surface area contributed by atoms with Gasteiger partial charge in [-0.2, -0.15) is 0 Å². The van der Waals surface area contributed by atoms with E-state index in [1.807, 2.05) is 42.5 Å². The molecule has 1 aromatic heterocycles. The topological polar surface area (TPSA) is 81.9 Å². The Morgan fingerprint density at radius 3 is 2.68 bits per heavy atom. The molecular formula is C20H21N5O2S. The zero-order valence-corrected chi connectivity index (χ0v) is 16.1. The van der Waals surface area contributed by atoms with Gasteiger partial charge in [0.15, 0.2) is 0 Å². The molecule has 144 valence electrons. The number of ether oxygens (including phenoxy) is 1. The Kier molecular flexibility index (Phi) is 5.98. The number of aromatic nitrogens is 4. The molecule has 0 aliphatic carbocycles. The van der Waals surface area contributed by atoms with Crippen molar-refractivity contribution in [2.75, 3.05) is 17.7 Å². The van der Waals surface area contributed by atoms with Gasteiger partial charge in [-0.05, 0) is 46.5 Å². The molecule has 1 fully saturated rings. The second-order valence-corrected chi connectivity index (χ2v) is 7.50. The third-order valence-electron chi connectivity index (χ3n) is 4.51. The van der Waals surface area contributed by atoms with Crippen molar-refractivity contribution in [3.8, 4) is 11.1 Å². The molecule has 3 aromatic rings. The van der Waals surface area contributed by atoms with E-state index in [1.54, 1.807) is 4.68 Å². The fourth-order valence-corrected chi connectivity index (χ4v) is 3.79. The number of amides is 1. The van der Waals surface area contributed by atoms with Gasteiger partial charge in [0.2, 0.25) is 11.1 Å². The minimum absolute atomic E-state index is 0.0934. The summed E-state index contributed by atoms with van der Waals surface area (Å²) in [5.41, 5.74) is 3.03. The predicted molar refractivity (Wildman–Crippen MR) is 108 cm³/mol. The highest BCUT2D eigenvalue weighted by molar-refractivity contribution is 7.99. The number of anilines is 1. The molecule has 1 aliphatic heterocycles. The van der Waals surface area contributed by atoms with Crippen molar-refractivity contribution in [2.45, 2.75) is 30.6 Å². The average Bonchev–Trinajstić information content (AvgIpc) is 3.40. The molecule has 1 aliphatic rings. The van der Waals surface area contributed by atoms with Crippen molar-refractivity contribution in [1.82, 2.24) is 20.2 Å². The molecule has 8 heteroatoms. The number of rotatable bonds is 7. The summed E-state index contributed by atoms with van der Waals surface area (Å²) in [5, 5.41) is 15.3. The Labute approximate surface area is 167 Å². The lowest BCUT2D eigenvalue weighted by atomic mass is 10.1. The SMILES string of the molecule is O=C(CSc1nnnn1CC1CCCO1)Nc1ccc(-c2ccccc2)cc1. The van der Waals surface area contributed by atoms with E-state index in [1.165, 1.54) is 11.8 Å². The quantitative estimate of drug-likeness (QED) is 0.619. The number of nitrogens with zero attached hydrogens (tertiary/aromatic N) is 4. The van der Waals surface area contributed by atoms with Gasteiger partial charge >= 0.3 is 0 Å². The van der Waals surface area contributed by atoms with Crippen LogP contribution in [0.15, 0.2) is 59.8 Å². The number of carbonyl (C=O) groups is 1. The van der Waals surface area contributed by atoms with Crippen LogP contribution in [0.2, 0.25) is 0 Å². The molecule has 1 N–H and O–H groups in total. The van der Waals surface area contributed by atoms with Crippen molar-refractivity contribution in [2.24, 2.45) is 0 Å². The molecule has 0 radical (unpaired) electrons. The Hall–Kier alpha value is -2.71. The lowest BCUT2D eigenvalue weighted by molar-refractivity contribution is -0.113. The molecule has 2 aromatic carbocycles. The van der Waals surface area contributed by atoms with Gasteiger partial charge in [-0.1, -0.05) is 54.2 Å². The zero-order chi connectivity index (χ0) is 19.2. The van der Waals surface area contributed by atoms with E-state index in [4.69, 9.17) is 4.74 Å². The van der Waals surface area contributed by atoms with Crippen LogP contribution in [0.3, 0.4) is 0 Å². The van der Waals surface area contributed by atoms with E-state index in [-0.39, 0.29) is 17.8 Å². The first-order chi connectivity index (χ1) is 13.8. The highest BCUT2D eigenvalue weighted by atomic mass is 32.2. The summed E-state index contributed by atoms with van der Waals surface area (Å²) in [6.07, 6.45) is 2.24. The molecule has 1 unspecified atom stereocenters. The molecular weight excluding hydrogens is 374 g/mol. The Balaban J connectivity index is 1.30. The standard InChI is InChI=1S/C20H21N5O2S/c26-19(14-28-20-22-23-24-25(20)13-18-7-4-12-27-18)21-17-10-8-16(9-11-17)15-5-2-1-3-6-15/h1-3,5-6,8-11,18H,4,7,12-14H2,(H,21,26). The largest absolute Gasteiger partial charge is 0.376 e. The minimum atomic E-state index is -0.0934. The molecule has 1 atom stereocenters. The molecule has 4 rings (SSSR count). The third kappa shape index (κ3) is 4.76.